The highest BCUT2D eigenvalue weighted by Crippen LogP contribution is 2.52. The maximum Gasteiger partial charge on any atom is 0.0151 e. The molecule has 0 saturated heterocycles. The topological polar surface area (TPSA) is 0 Å². The van der Waals surface area contributed by atoms with Crippen LogP contribution in [0.4, 0.5) is 0 Å². The molecule has 0 spiro atoms. The van der Waals surface area contributed by atoms with E-state index >= 15 is 0 Å². The molecule has 1 aliphatic rings. The molecule has 1 rings (SSSR count). The highest BCUT2D eigenvalue weighted by molar-refractivity contribution is 9.09. The maximum atomic E-state index is 3.71. The Morgan fingerprint density at radius 1 is 1.36 bits per heavy atom. The van der Waals surface area contributed by atoms with Crippen molar-refractivity contribution in [2.75, 3.05) is 0 Å². The Morgan fingerprint density at radius 3 is 2.09 bits per heavy atom. The van der Waals surface area contributed by atoms with Gasteiger partial charge >= 0.3 is 0 Å². The van der Waals surface area contributed by atoms with Crippen molar-refractivity contribution in [3.8, 4) is 0 Å². The van der Waals surface area contributed by atoms with Gasteiger partial charge in [0.1, 0.15) is 0 Å². The number of alkyl halides is 1. The van der Waals surface area contributed by atoms with Crippen LogP contribution >= 0.6 is 15.9 Å². The van der Waals surface area contributed by atoms with Gasteiger partial charge in [-0.05, 0) is 30.1 Å². The van der Waals surface area contributed by atoms with Crippen molar-refractivity contribution in [1.82, 2.24) is 0 Å². The first-order valence-electron chi connectivity index (χ1n) is 4.49. The van der Waals surface area contributed by atoms with E-state index < -0.39 is 0 Å². The average molecular weight is 219 g/mol. The van der Waals surface area contributed by atoms with Gasteiger partial charge in [0.05, 0.1) is 0 Å². The largest absolute Gasteiger partial charge is 0.0890 e. The first-order chi connectivity index (χ1) is 4.85. The zero-order valence-electron chi connectivity index (χ0n) is 8.08. The van der Waals surface area contributed by atoms with Crippen LogP contribution in [0.1, 0.15) is 47.0 Å². The molecule has 0 radical (unpaired) electrons. The number of halogens is 1. The molecule has 1 fully saturated rings. The third kappa shape index (κ3) is 1.80. The molecule has 0 bridgehead atoms. The molecule has 1 heteroatoms. The van der Waals surface area contributed by atoms with E-state index in [1.807, 2.05) is 0 Å². The molecule has 0 amide bonds. The van der Waals surface area contributed by atoms with Crippen molar-refractivity contribution < 1.29 is 0 Å². The highest BCUT2D eigenvalue weighted by Gasteiger charge is 2.42. The van der Waals surface area contributed by atoms with Gasteiger partial charge in [-0.15, -0.1) is 0 Å². The quantitative estimate of drug-likeness (QED) is 0.540. The lowest BCUT2D eigenvalue weighted by atomic mass is 9.67. The van der Waals surface area contributed by atoms with Gasteiger partial charge in [0.25, 0.3) is 0 Å². The zero-order valence-corrected chi connectivity index (χ0v) is 9.66. The lowest BCUT2D eigenvalue weighted by molar-refractivity contribution is 0.118. The summed E-state index contributed by atoms with van der Waals surface area (Å²) < 4.78 is 0. The van der Waals surface area contributed by atoms with Gasteiger partial charge in [-0.1, -0.05) is 43.6 Å². The SMILES string of the molecule is CC(C)(C)C1(C)CCC(Br)C1. The van der Waals surface area contributed by atoms with E-state index in [-0.39, 0.29) is 0 Å². The van der Waals surface area contributed by atoms with Crippen LogP contribution in [-0.2, 0) is 0 Å². The van der Waals surface area contributed by atoms with Gasteiger partial charge in [-0.3, -0.25) is 0 Å². The Morgan fingerprint density at radius 2 is 1.91 bits per heavy atom. The lowest BCUT2D eigenvalue weighted by Crippen LogP contribution is -2.30. The van der Waals surface area contributed by atoms with E-state index in [2.05, 4.69) is 43.6 Å². The molecule has 66 valence electrons. The third-order valence-electron chi connectivity index (χ3n) is 3.49. The molecule has 11 heavy (non-hydrogen) atoms. The third-order valence-corrected chi connectivity index (χ3v) is 4.27. The summed E-state index contributed by atoms with van der Waals surface area (Å²) >= 11 is 3.71. The van der Waals surface area contributed by atoms with Crippen LogP contribution in [0.25, 0.3) is 0 Å². The molecule has 0 aromatic rings. The Bertz CT molecular complexity index is 145. The van der Waals surface area contributed by atoms with Crippen molar-refractivity contribution in [3.05, 3.63) is 0 Å². The predicted molar refractivity (Wildman–Crippen MR) is 54.1 cm³/mol. The molecule has 0 aromatic carbocycles. The zero-order chi connectivity index (χ0) is 8.70. The molecule has 1 aliphatic carbocycles. The summed E-state index contributed by atoms with van der Waals surface area (Å²) in [4.78, 5) is 0.770. The summed E-state index contributed by atoms with van der Waals surface area (Å²) in [6.45, 7) is 9.50. The minimum Gasteiger partial charge on any atom is -0.0890 e. The van der Waals surface area contributed by atoms with Crippen LogP contribution in [-0.4, -0.2) is 4.83 Å². The summed E-state index contributed by atoms with van der Waals surface area (Å²) in [7, 11) is 0. The highest BCUT2D eigenvalue weighted by atomic mass is 79.9. The van der Waals surface area contributed by atoms with Crippen molar-refractivity contribution in [3.63, 3.8) is 0 Å². The molecule has 0 aromatic heterocycles. The van der Waals surface area contributed by atoms with Crippen LogP contribution in [0.3, 0.4) is 0 Å². The van der Waals surface area contributed by atoms with E-state index in [1.165, 1.54) is 19.3 Å². The Hall–Kier alpha value is 0.480. The van der Waals surface area contributed by atoms with Gasteiger partial charge in [0, 0.05) is 4.83 Å². The summed E-state index contributed by atoms with van der Waals surface area (Å²) in [5.74, 6) is 0. The number of rotatable bonds is 0. The van der Waals surface area contributed by atoms with Crippen LogP contribution in [0, 0.1) is 10.8 Å². The first kappa shape index (κ1) is 9.57. The Balaban J connectivity index is 2.69. The molecular weight excluding hydrogens is 200 g/mol. The summed E-state index contributed by atoms with van der Waals surface area (Å²) in [6.07, 6.45) is 4.08. The molecule has 1 saturated carbocycles. The average Bonchev–Trinajstić information content (AvgIpc) is 2.10. The number of hydrogen-bond donors (Lipinski definition) is 0. The van der Waals surface area contributed by atoms with Gasteiger partial charge in [0.2, 0.25) is 0 Å². The molecule has 2 atom stereocenters. The van der Waals surface area contributed by atoms with Crippen LogP contribution < -0.4 is 0 Å². The smallest absolute Gasteiger partial charge is 0.0151 e. The van der Waals surface area contributed by atoms with E-state index in [0.29, 0.717) is 10.8 Å². The second-order valence-corrected chi connectivity index (χ2v) is 6.45. The van der Waals surface area contributed by atoms with Crippen molar-refractivity contribution in [2.45, 2.75) is 51.8 Å². The molecule has 0 N–H and O–H groups in total. The van der Waals surface area contributed by atoms with Crippen LogP contribution in [0.2, 0.25) is 0 Å². The fourth-order valence-electron chi connectivity index (χ4n) is 1.85. The minimum absolute atomic E-state index is 0.468. The Kier molecular flexibility index (Phi) is 2.40. The van der Waals surface area contributed by atoms with Crippen LogP contribution in [0.15, 0.2) is 0 Å². The van der Waals surface area contributed by atoms with Gasteiger partial charge in [0.15, 0.2) is 0 Å². The standard InChI is InChI=1S/C10H19Br/c1-9(2,3)10(4)6-5-8(11)7-10/h8H,5-7H2,1-4H3. The van der Waals surface area contributed by atoms with Crippen LogP contribution in [0.5, 0.6) is 0 Å². The summed E-state index contributed by atoms with van der Waals surface area (Å²) in [5.41, 5.74) is 1.02. The normalized spacial score (nSPS) is 39.5. The fourth-order valence-corrected chi connectivity index (χ4v) is 2.79. The van der Waals surface area contributed by atoms with Crippen molar-refractivity contribution >= 4 is 15.9 Å². The second kappa shape index (κ2) is 2.76. The van der Waals surface area contributed by atoms with E-state index in [4.69, 9.17) is 0 Å². The predicted octanol–water partition coefficient (Wildman–Crippen LogP) is 3.99. The molecule has 0 aliphatic heterocycles. The maximum absolute atomic E-state index is 3.71. The minimum atomic E-state index is 0.468. The second-order valence-electron chi connectivity index (χ2n) is 5.15. The summed E-state index contributed by atoms with van der Waals surface area (Å²) in [5, 5.41) is 0. The monoisotopic (exact) mass is 218 g/mol. The van der Waals surface area contributed by atoms with E-state index in [9.17, 15) is 0 Å². The molecule has 2 unspecified atom stereocenters. The van der Waals surface area contributed by atoms with Crippen molar-refractivity contribution in [2.24, 2.45) is 10.8 Å². The van der Waals surface area contributed by atoms with Gasteiger partial charge < -0.3 is 0 Å². The lowest BCUT2D eigenvalue weighted by Gasteiger charge is -2.38. The first-order valence-corrected chi connectivity index (χ1v) is 5.41. The molecular formula is C10H19Br. The molecule has 0 nitrogen and oxygen atoms in total. The Labute approximate surface area is 78.9 Å². The van der Waals surface area contributed by atoms with Gasteiger partial charge in [-0.25, -0.2) is 0 Å². The van der Waals surface area contributed by atoms with Gasteiger partial charge in [-0.2, -0.15) is 0 Å². The van der Waals surface area contributed by atoms with E-state index in [1.54, 1.807) is 0 Å². The number of hydrogen-bond acceptors (Lipinski definition) is 0. The molecule has 0 heterocycles. The fraction of sp³-hybridized carbons (Fsp3) is 1.00. The van der Waals surface area contributed by atoms with Crippen molar-refractivity contribution in [1.29, 1.82) is 0 Å². The van der Waals surface area contributed by atoms with E-state index in [0.717, 1.165) is 4.83 Å². The summed E-state index contributed by atoms with van der Waals surface area (Å²) in [6, 6.07) is 0.